The molecule has 0 fully saturated rings. The Bertz CT molecular complexity index is 606. The maximum atomic E-state index is 12.0. The molecule has 0 bridgehead atoms. The molecule has 0 spiro atoms. The highest BCUT2D eigenvalue weighted by Crippen LogP contribution is 2.09. The maximum absolute atomic E-state index is 12.0. The SMILES string of the molecule is CC(C)CC(NS(=O)(=O)c1c[nH]ccc1=O)C(=O)O. The van der Waals surface area contributed by atoms with Crippen LogP contribution in [-0.2, 0) is 14.8 Å². The van der Waals surface area contributed by atoms with Crippen LogP contribution in [0.15, 0.2) is 28.2 Å². The predicted octanol–water partition coefficient (Wildman–Crippen LogP) is 0.152. The van der Waals surface area contributed by atoms with Crippen molar-refractivity contribution in [1.29, 1.82) is 0 Å². The highest BCUT2D eigenvalue weighted by Gasteiger charge is 2.27. The van der Waals surface area contributed by atoms with Crippen molar-refractivity contribution in [2.24, 2.45) is 5.92 Å². The molecular weight excluding hydrogens is 272 g/mol. The molecule has 0 aromatic carbocycles. The van der Waals surface area contributed by atoms with Crippen molar-refractivity contribution in [1.82, 2.24) is 9.71 Å². The van der Waals surface area contributed by atoms with Crippen LogP contribution in [0.5, 0.6) is 0 Å². The topological polar surface area (TPSA) is 116 Å². The average molecular weight is 288 g/mol. The number of aromatic amines is 1. The summed E-state index contributed by atoms with van der Waals surface area (Å²) in [7, 11) is -4.16. The Balaban J connectivity index is 3.05. The molecule has 3 N–H and O–H groups in total. The van der Waals surface area contributed by atoms with Crippen LogP contribution in [0.2, 0.25) is 0 Å². The van der Waals surface area contributed by atoms with E-state index < -0.39 is 32.4 Å². The Kier molecular flexibility index (Phi) is 4.84. The summed E-state index contributed by atoms with van der Waals surface area (Å²) in [5.41, 5.74) is -0.695. The zero-order chi connectivity index (χ0) is 14.6. The molecular formula is C11H16N2O5S. The zero-order valence-corrected chi connectivity index (χ0v) is 11.4. The van der Waals surface area contributed by atoms with Gasteiger partial charge < -0.3 is 10.1 Å². The Morgan fingerprint density at radius 2 is 2.11 bits per heavy atom. The molecule has 1 aromatic heterocycles. The highest BCUT2D eigenvalue weighted by molar-refractivity contribution is 7.89. The van der Waals surface area contributed by atoms with Gasteiger partial charge in [-0.25, -0.2) is 8.42 Å². The number of carbonyl (C=O) groups is 1. The van der Waals surface area contributed by atoms with Gasteiger partial charge in [0, 0.05) is 18.5 Å². The first-order chi connectivity index (χ1) is 8.74. The van der Waals surface area contributed by atoms with E-state index in [0.29, 0.717) is 0 Å². The van der Waals surface area contributed by atoms with Gasteiger partial charge in [-0.15, -0.1) is 0 Å². The van der Waals surface area contributed by atoms with Crippen molar-refractivity contribution < 1.29 is 18.3 Å². The molecule has 0 saturated heterocycles. The van der Waals surface area contributed by atoms with Crippen LogP contribution in [-0.4, -0.2) is 30.5 Å². The molecule has 1 unspecified atom stereocenters. The van der Waals surface area contributed by atoms with Crippen LogP contribution in [0.3, 0.4) is 0 Å². The number of H-pyrrole nitrogens is 1. The number of carboxylic acid groups (broad SMARTS) is 1. The summed E-state index contributed by atoms with van der Waals surface area (Å²) in [6.07, 6.45) is 2.46. The van der Waals surface area contributed by atoms with Crippen molar-refractivity contribution >= 4 is 16.0 Å². The summed E-state index contributed by atoms with van der Waals surface area (Å²) in [6.45, 7) is 3.55. The third-order valence-corrected chi connectivity index (χ3v) is 3.87. The predicted molar refractivity (Wildman–Crippen MR) is 68.3 cm³/mol. The van der Waals surface area contributed by atoms with E-state index in [1.54, 1.807) is 13.8 Å². The molecule has 106 valence electrons. The van der Waals surface area contributed by atoms with Crippen LogP contribution in [0.1, 0.15) is 20.3 Å². The summed E-state index contributed by atoms with van der Waals surface area (Å²) >= 11 is 0. The number of hydrogen-bond donors (Lipinski definition) is 3. The highest BCUT2D eigenvalue weighted by atomic mass is 32.2. The fourth-order valence-corrected chi connectivity index (χ4v) is 2.79. The van der Waals surface area contributed by atoms with Crippen LogP contribution >= 0.6 is 0 Å². The normalized spacial score (nSPS) is 13.4. The lowest BCUT2D eigenvalue weighted by molar-refractivity contribution is -0.139. The van der Waals surface area contributed by atoms with Crippen molar-refractivity contribution in [3.05, 3.63) is 28.7 Å². The Morgan fingerprint density at radius 3 is 2.58 bits per heavy atom. The van der Waals surface area contributed by atoms with Gasteiger partial charge in [-0.1, -0.05) is 13.8 Å². The molecule has 7 nitrogen and oxygen atoms in total. The van der Waals surface area contributed by atoms with Gasteiger partial charge in [0.1, 0.15) is 10.9 Å². The Labute approximate surface area is 110 Å². The zero-order valence-electron chi connectivity index (χ0n) is 10.6. The van der Waals surface area contributed by atoms with Crippen LogP contribution in [0, 0.1) is 5.92 Å². The molecule has 0 aliphatic heterocycles. The summed E-state index contributed by atoms with van der Waals surface area (Å²) in [6, 6.07) is -0.197. The third kappa shape index (κ3) is 4.18. The monoisotopic (exact) mass is 288 g/mol. The smallest absolute Gasteiger partial charge is 0.321 e. The fourth-order valence-electron chi connectivity index (χ4n) is 1.53. The maximum Gasteiger partial charge on any atom is 0.321 e. The summed E-state index contributed by atoms with van der Waals surface area (Å²) in [5.74, 6) is -1.28. The van der Waals surface area contributed by atoms with E-state index in [2.05, 4.69) is 4.98 Å². The van der Waals surface area contributed by atoms with Crippen LogP contribution < -0.4 is 10.2 Å². The van der Waals surface area contributed by atoms with Crippen LogP contribution in [0.25, 0.3) is 0 Å². The Morgan fingerprint density at radius 1 is 1.47 bits per heavy atom. The molecule has 0 amide bonds. The number of nitrogens with one attached hydrogen (secondary N) is 2. The van der Waals surface area contributed by atoms with Gasteiger partial charge in [-0.3, -0.25) is 9.59 Å². The molecule has 0 aliphatic carbocycles. The quantitative estimate of drug-likeness (QED) is 0.689. The summed E-state index contributed by atoms with van der Waals surface area (Å²) in [5, 5.41) is 8.99. The van der Waals surface area contributed by atoms with Crippen molar-refractivity contribution in [2.45, 2.75) is 31.2 Å². The number of pyridine rings is 1. The molecule has 1 heterocycles. The first-order valence-corrected chi connectivity index (χ1v) is 7.14. The van der Waals surface area contributed by atoms with Gasteiger partial charge in [-0.05, 0) is 12.3 Å². The van der Waals surface area contributed by atoms with Gasteiger partial charge in [0.05, 0.1) is 0 Å². The fraction of sp³-hybridized carbons (Fsp3) is 0.455. The lowest BCUT2D eigenvalue weighted by Gasteiger charge is -2.16. The molecule has 0 saturated carbocycles. The van der Waals surface area contributed by atoms with E-state index in [1.165, 1.54) is 6.20 Å². The largest absolute Gasteiger partial charge is 0.480 e. The number of aromatic nitrogens is 1. The number of carboxylic acids is 1. The van der Waals surface area contributed by atoms with Gasteiger partial charge in [0.25, 0.3) is 0 Å². The van der Waals surface area contributed by atoms with E-state index in [4.69, 9.17) is 5.11 Å². The van der Waals surface area contributed by atoms with Crippen LogP contribution in [0.4, 0.5) is 0 Å². The van der Waals surface area contributed by atoms with E-state index in [0.717, 1.165) is 12.3 Å². The number of hydrogen-bond acceptors (Lipinski definition) is 4. The Hall–Kier alpha value is -1.67. The first-order valence-electron chi connectivity index (χ1n) is 5.66. The second-order valence-electron chi connectivity index (χ2n) is 4.51. The third-order valence-electron chi connectivity index (χ3n) is 2.38. The summed E-state index contributed by atoms with van der Waals surface area (Å²) in [4.78, 5) is 24.5. The molecule has 0 radical (unpaired) electrons. The number of sulfonamides is 1. The molecule has 19 heavy (non-hydrogen) atoms. The van der Waals surface area contributed by atoms with E-state index in [1.807, 2.05) is 4.72 Å². The minimum Gasteiger partial charge on any atom is -0.480 e. The lowest BCUT2D eigenvalue weighted by atomic mass is 10.1. The van der Waals surface area contributed by atoms with Gasteiger partial charge >= 0.3 is 5.97 Å². The van der Waals surface area contributed by atoms with Crippen molar-refractivity contribution in [3.63, 3.8) is 0 Å². The number of aliphatic carboxylic acids is 1. The van der Waals surface area contributed by atoms with Gasteiger partial charge in [0.15, 0.2) is 0 Å². The summed E-state index contributed by atoms with van der Waals surface area (Å²) < 4.78 is 25.9. The van der Waals surface area contributed by atoms with E-state index in [9.17, 15) is 18.0 Å². The molecule has 1 atom stereocenters. The first kappa shape index (κ1) is 15.4. The standard InChI is InChI=1S/C11H16N2O5S/c1-7(2)5-8(11(15)16)13-19(17,18)10-6-12-4-3-9(10)14/h3-4,6-8,13H,5H2,1-2H3,(H,12,14)(H,15,16). The van der Waals surface area contributed by atoms with Gasteiger partial charge in [-0.2, -0.15) is 4.72 Å². The number of rotatable bonds is 6. The van der Waals surface area contributed by atoms with Crippen molar-refractivity contribution in [3.8, 4) is 0 Å². The second-order valence-corrected chi connectivity index (χ2v) is 6.20. The van der Waals surface area contributed by atoms with E-state index in [-0.39, 0.29) is 12.3 Å². The average Bonchev–Trinajstić information content (AvgIpc) is 2.27. The second kappa shape index (κ2) is 5.98. The van der Waals surface area contributed by atoms with Crippen molar-refractivity contribution in [2.75, 3.05) is 0 Å². The molecule has 8 heteroatoms. The lowest BCUT2D eigenvalue weighted by Crippen LogP contribution is -2.42. The molecule has 1 aromatic rings. The molecule has 1 rings (SSSR count). The van der Waals surface area contributed by atoms with Gasteiger partial charge in [0.2, 0.25) is 15.5 Å². The minimum absolute atomic E-state index is 0.00198. The minimum atomic E-state index is -4.16. The molecule has 0 aliphatic rings. The van der Waals surface area contributed by atoms with E-state index >= 15 is 0 Å².